The fraction of sp³-hybridized carbons (Fsp3) is 0.143. The molecule has 3 rings (SSSR count). The zero-order chi connectivity index (χ0) is 14.1. The molecule has 6 heteroatoms. The molecule has 0 aliphatic rings. The van der Waals surface area contributed by atoms with Crippen molar-refractivity contribution in [2.45, 2.75) is 13.5 Å². The van der Waals surface area contributed by atoms with Crippen LogP contribution in [0.4, 0.5) is 0 Å². The van der Waals surface area contributed by atoms with Crippen LogP contribution in [0.25, 0.3) is 11.0 Å². The first-order valence-electron chi connectivity index (χ1n) is 6.30. The second kappa shape index (κ2) is 4.98. The molecule has 5 nitrogen and oxygen atoms in total. The number of imidazole rings is 1. The monoisotopic (exact) mass is 266 g/mol. The summed E-state index contributed by atoms with van der Waals surface area (Å²) in [5.74, 6) is 0.800. The standard InChI is InChI=1S/C14H13BN3O2/c1-9-17-13-12(6-7-16-14(13)19)18(9)8-10-2-4-11(15-20)5-3-10/h2-7,20H,8H2,1H3,(H,16,19). The van der Waals surface area contributed by atoms with Crippen LogP contribution >= 0.6 is 0 Å². The Morgan fingerprint density at radius 2 is 2.05 bits per heavy atom. The minimum atomic E-state index is -0.172. The highest BCUT2D eigenvalue weighted by Crippen LogP contribution is 2.14. The number of aromatic nitrogens is 3. The maximum atomic E-state index is 11.7. The first-order chi connectivity index (χ1) is 9.69. The molecule has 0 unspecified atom stereocenters. The molecule has 0 spiro atoms. The van der Waals surface area contributed by atoms with Crippen LogP contribution in [0.3, 0.4) is 0 Å². The molecule has 1 aromatic carbocycles. The number of pyridine rings is 1. The van der Waals surface area contributed by atoms with Gasteiger partial charge in [0.05, 0.1) is 5.52 Å². The molecule has 3 aromatic rings. The SMILES string of the molecule is Cc1nc2c(=O)[nH]ccc2n1Cc1ccc([B]O)cc1. The van der Waals surface area contributed by atoms with Crippen LogP contribution < -0.4 is 11.0 Å². The summed E-state index contributed by atoms with van der Waals surface area (Å²) in [7, 11) is 1.07. The largest absolute Gasteiger partial charge is 0.450 e. The van der Waals surface area contributed by atoms with Crippen molar-refractivity contribution in [3.05, 3.63) is 58.3 Å². The van der Waals surface area contributed by atoms with E-state index in [0.29, 0.717) is 12.1 Å². The predicted molar refractivity (Wildman–Crippen MR) is 78.2 cm³/mol. The van der Waals surface area contributed by atoms with Crippen molar-refractivity contribution in [3.63, 3.8) is 0 Å². The van der Waals surface area contributed by atoms with Crippen LogP contribution in [0.15, 0.2) is 41.3 Å². The second-order valence-corrected chi connectivity index (χ2v) is 4.66. The normalized spacial score (nSPS) is 10.9. The third-order valence-corrected chi connectivity index (χ3v) is 3.34. The van der Waals surface area contributed by atoms with E-state index in [4.69, 9.17) is 5.02 Å². The highest BCUT2D eigenvalue weighted by molar-refractivity contribution is 6.45. The predicted octanol–water partition coefficient (Wildman–Crippen LogP) is 0.318. The lowest BCUT2D eigenvalue weighted by atomic mass is 9.88. The van der Waals surface area contributed by atoms with Crippen molar-refractivity contribution in [3.8, 4) is 0 Å². The maximum Gasteiger partial charge on any atom is 0.326 e. The number of aryl methyl sites for hydroxylation is 1. The molecule has 0 amide bonds. The summed E-state index contributed by atoms with van der Waals surface area (Å²) in [5, 5.41) is 8.92. The number of hydrogen-bond acceptors (Lipinski definition) is 3. The third-order valence-electron chi connectivity index (χ3n) is 3.34. The average Bonchev–Trinajstić information content (AvgIpc) is 2.78. The number of benzene rings is 1. The van der Waals surface area contributed by atoms with Crippen LogP contribution in [0.2, 0.25) is 0 Å². The van der Waals surface area contributed by atoms with Gasteiger partial charge in [-0.1, -0.05) is 29.7 Å². The molecule has 0 saturated carbocycles. The summed E-state index contributed by atoms with van der Waals surface area (Å²) in [6.07, 6.45) is 1.63. The highest BCUT2D eigenvalue weighted by Gasteiger charge is 2.10. The summed E-state index contributed by atoms with van der Waals surface area (Å²) < 4.78 is 2.00. The van der Waals surface area contributed by atoms with Gasteiger partial charge < -0.3 is 14.6 Å². The molecule has 0 fully saturated rings. The molecule has 0 bridgehead atoms. The maximum absolute atomic E-state index is 11.7. The zero-order valence-corrected chi connectivity index (χ0v) is 11.0. The van der Waals surface area contributed by atoms with E-state index in [1.54, 1.807) is 6.20 Å². The number of hydrogen-bond donors (Lipinski definition) is 2. The molecule has 20 heavy (non-hydrogen) atoms. The van der Waals surface area contributed by atoms with E-state index in [2.05, 4.69) is 9.97 Å². The molecule has 1 radical (unpaired) electrons. The number of H-pyrrole nitrogens is 1. The Morgan fingerprint density at radius 3 is 2.75 bits per heavy atom. The number of aromatic amines is 1. The summed E-state index contributed by atoms with van der Waals surface area (Å²) in [5.41, 5.74) is 2.96. The first kappa shape index (κ1) is 12.7. The van der Waals surface area contributed by atoms with Crippen molar-refractivity contribution in [2.24, 2.45) is 0 Å². The molecule has 99 valence electrons. The third kappa shape index (κ3) is 2.14. The van der Waals surface area contributed by atoms with Crippen LogP contribution in [0, 0.1) is 6.92 Å². The molecule has 2 aromatic heterocycles. The van der Waals surface area contributed by atoms with Gasteiger partial charge in [-0.05, 0) is 18.6 Å². The van der Waals surface area contributed by atoms with Crippen molar-refractivity contribution in [2.75, 3.05) is 0 Å². The molecular weight excluding hydrogens is 253 g/mol. The smallest absolute Gasteiger partial charge is 0.326 e. The summed E-state index contributed by atoms with van der Waals surface area (Å²) >= 11 is 0. The van der Waals surface area contributed by atoms with Gasteiger partial charge in [0, 0.05) is 12.7 Å². The molecular formula is C14H13BN3O2. The minimum Gasteiger partial charge on any atom is -0.450 e. The van der Waals surface area contributed by atoms with Gasteiger partial charge in [-0.3, -0.25) is 4.79 Å². The zero-order valence-electron chi connectivity index (χ0n) is 11.0. The lowest BCUT2D eigenvalue weighted by Crippen LogP contribution is -2.13. The number of nitrogens with one attached hydrogen (secondary N) is 1. The second-order valence-electron chi connectivity index (χ2n) is 4.66. The van der Waals surface area contributed by atoms with Crippen molar-refractivity contribution < 1.29 is 5.02 Å². The van der Waals surface area contributed by atoms with E-state index in [0.717, 1.165) is 29.8 Å². The first-order valence-corrected chi connectivity index (χ1v) is 6.30. The lowest BCUT2D eigenvalue weighted by molar-refractivity contribution is 0.615. The average molecular weight is 266 g/mol. The fourth-order valence-corrected chi connectivity index (χ4v) is 2.27. The molecule has 0 aliphatic heterocycles. The number of nitrogens with zero attached hydrogens (tertiary/aromatic N) is 2. The summed E-state index contributed by atoms with van der Waals surface area (Å²) in [6, 6.07) is 9.43. The van der Waals surface area contributed by atoms with Gasteiger partial charge >= 0.3 is 7.48 Å². The minimum absolute atomic E-state index is 0.172. The van der Waals surface area contributed by atoms with Gasteiger partial charge in [-0.25, -0.2) is 4.98 Å². The van der Waals surface area contributed by atoms with E-state index in [-0.39, 0.29) is 5.56 Å². The van der Waals surface area contributed by atoms with Gasteiger partial charge in [0.25, 0.3) is 5.56 Å². The Labute approximate surface area is 116 Å². The van der Waals surface area contributed by atoms with Gasteiger partial charge in [0.2, 0.25) is 0 Å². The number of rotatable bonds is 3. The molecule has 0 atom stereocenters. The molecule has 0 aliphatic carbocycles. The Morgan fingerprint density at radius 1 is 1.30 bits per heavy atom. The van der Waals surface area contributed by atoms with Gasteiger partial charge in [-0.2, -0.15) is 0 Å². The van der Waals surface area contributed by atoms with Crippen LogP contribution in [-0.2, 0) is 6.54 Å². The molecule has 2 N–H and O–H groups in total. The van der Waals surface area contributed by atoms with Crippen LogP contribution in [-0.4, -0.2) is 27.0 Å². The summed E-state index contributed by atoms with van der Waals surface area (Å²) in [6.45, 7) is 2.52. The van der Waals surface area contributed by atoms with E-state index >= 15 is 0 Å². The van der Waals surface area contributed by atoms with Crippen molar-refractivity contribution >= 4 is 24.0 Å². The van der Waals surface area contributed by atoms with Gasteiger partial charge in [0.15, 0.2) is 5.52 Å². The lowest BCUT2D eigenvalue weighted by Gasteiger charge is -2.07. The van der Waals surface area contributed by atoms with Gasteiger partial charge in [-0.15, -0.1) is 0 Å². The Kier molecular flexibility index (Phi) is 3.16. The van der Waals surface area contributed by atoms with Gasteiger partial charge in [0.1, 0.15) is 5.82 Å². The van der Waals surface area contributed by atoms with E-state index in [9.17, 15) is 4.79 Å². The topological polar surface area (TPSA) is 70.9 Å². The van der Waals surface area contributed by atoms with E-state index < -0.39 is 0 Å². The van der Waals surface area contributed by atoms with Crippen LogP contribution in [0.1, 0.15) is 11.4 Å². The highest BCUT2D eigenvalue weighted by atomic mass is 16.2. The molecule has 0 saturated heterocycles. The van der Waals surface area contributed by atoms with Crippen molar-refractivity contribution in [1.29, 1.82) is 0 Å². The Hall–Kier alpha value is -2.34. The molecule has 2 heterocycles. The summed E-state index contributed by atoms with van der Waals surface area (Å²) in [4.78, 5) is 18.7. The Bertz CT molecular complexity index is 805. The van der Waals surface area contributed by atoms with E-state index in [1.807, 2.05) is 41.8 Å². The fourth-order valence-electron chi connectivity index (χ4n) is 2.27. The van der Waals surface area contributed by atoms with Crippen LogP contribution in [0.5, 0.6) is 0 Å². The number of fused-ring (bicyclic) bond motifs is 1. The Balaban J connectivity index is 2.03. The van der Waals surface area contributed by atoms with E-state index in [1.165, 1.54) is 0 Å². The quantitative estimate of drug-likeness (QED) is 0.670. The van der Waals surface area contributed by atoms with Crippen molar-refractivity contribution in [1.82, 2.24) is 14.5 Å².